The van der Waals surface area contributed by atoms with E-state index < -0.39 is 0 Å². The zero-order valence-corrected chi connectivity index (χ0v) is 10.5. The number of aryl methyl sites for hydroxylation is 1. The van der Waals surface area contributed by atoms with Gasteiger partial charge in [-0.2, -0.15) is 5.10 Å². The minimum absolute atomic E-state index is 0.487. The molecule has 0 aromatic carbocycles. The first-order valence-electron chi connectivity index (χ1n) is 6.22. The van der Waals surface area contributed by atoms with Crippen molar-refractivity contribution in [3.05, 3.63) is 12.2 Å². The Hall–Kier alpha value is -0.900. The van der Waals surface area contributed by atoms with E-state index in [1.807, 2.05) is 11.7 Å². The van der Waals surface area contributed by atoms with Gasteiger partial charge in [0.2, 0.25) is 0 Å². The Labute approximate surface area is 97.5 Å². The molecule has 1 atom stereocenters. The quantitative estimate of drug-likeness (QED) is 0.793. The predicted octanol–water partition coefficient (Wildman–Crippen LogP) is 1.53. The first-order valence-corrected chi connectivity index (χ1v) is 6.22. The van der Waals surface area contributed by atoms with Crippen LogP contribution in [0.1, 0.15) is 38.9 Å². The summed E-state index contributed by atoms with van der Waals surface area (Å²) in [5, 5.41) is 7.79. The lowest BCUT2D eigenvalue weighted by molar-refractivity contribution is 0.346. The van der Waals surface area contributed by atoms with Crippen LogP contribution in [-0.4, -0.2) is 27.4 Å². The molecule has 0 saturated heterocycles. The number of nitrogens with one attached hydrogen (secondary N) is 1. The van der Waals surface area contributed by atoms with Crippen molar-refractivity contribution in [2.75, 3.05) is 6.54 Å². The molecule has 1 saturated carbocycles. The summed E-state index contributed by atoms with van der Waals surface area (Å²) in [6.07, 6.45) is 6.50. The summed E-state index contributed by atoms with van der Waals surface area (Å²) in [4.78, 5) is 4.32. The molecule has 90 valence electrons. The van der Waals surface area contributed by atoms with Gasteiger partial charge in [0.15, 0.2) is 0 Å². The van der Waals surface area contributed by atoms with Crippen molar-refractivity contribution in [1.82, 2.24) is 20.1 Å². The fourth-order valence-corrected chi connectivity index (χ4v) is 2.12. The van der Waals surface area contributed by atoms with E-state index in [0.717, 1.165) is 18.8 Å². The zero-order valence-electron chi connectivity index (χ0n) is 10.5. The van der Waals surface area contributed by atoms with E-state index in [2.05, 4.69) is 29.2 Å². The van der Waals surface area contributed by atoms with E-state index in [9.17, 15) is 0 Å². The van der Waals surface area contributed by atoms with Gasteiger partial charge >= 0.3 is 0 Å². The zero-order chi connectivity index (χ0) is 11.6. The molecule has 0 bridgehead atoms. The molecule has 1 aliphatic rings. The minimum Gasteiger partial charge on any atom is -0.313 e. The van der Waals surface area contributed by atoms with Crippen molar-refractivity contribution < 1.29 is 0 Å². The lowest BCUT2D eigenvalue weighted by Gasteiger charge is -2.24. The summed E-state index contributed by atoms with van der Waals surface area (Å²) >= 11 is 0. The first-order chi connectivity index (χ1) is 7.65. The van der Waals surface area contributed by atoms with Gasteiger partial charge in [0, 0.05) is 19.5 Å². The number of hydrogen-bond acceptors (Lipinski definition) is 3. The molecule has 1 aromatic heterocycles. The van der Waals surface area contributed by atoms with Crippen LogP contribution in [-0.2, 0) is 13.5 Å². The molecule has 4 heteroatoms. The molecule has 0 aliphatic heterocycles. The normalized spacial score (nSPS) is 19.7. The van der Waals surface area contributed by atoms with Crippen LogP contribution in [0.5, 0.6) is 0 Å². The second-order valence-electron chi connectivity index (χ2n) is 5.16. The van der Waals surface area contributed by atoms with Gasteiger partial charge in [-0.25, -0.2) is 4.98 Å². The summed E-state index contributed by atoms with van der Waals surface area (Å²) < 4.78 is 1.88. The Kier molecular flexibility index (Phi) is 3.28. The molecule has 1 aliphatic carbocycles. The van der Waals surface area contributed by atoms with Gasteiger partial charge in [-0.1, -0.05) is 13.8 Å². The molecule has 16 heavy (non-hydrogen) atoms. The van der Waals surface area contributed by atoms with E-state index in [-0.39, 0.29) is 0 Å². The lowest BCUT2D eigenvalue weighted by Crippen LogP contribution is -2.39. The highest BCUT2D eigenvalue weighted by molar-refractivity contribution is 5.03. The molecular formula is C12H22N4. The smallest absolute Gasteiger partial charge is 0.138 e. The van der Waals surface area contributed by atoms with Gasteiger partial charge < -0.3 is 5.32 Å². The van der Waals surface area contributed by atoms with Crippen LogP contribution in [0.3, 0.4) is 0 Å². The maximum absolute atomic E-state index is 4.32. The van der Waals surface area contributed by atoms with Gasteiger partial charge in [0.1, 0.15) is 12.2 Å². The van der Waals surface area contributed by atoms with Crippen LogP contribution in [0.2, 0.25) is 0 Å². The number of rotatable bonds is 6. The van der Waals surface area contributed by atoms with Gasteiger partial charge in [-0.05, 0) is 31.2 Å². The Morgan fingerprint density at radius 3 is 2.81 bits per heavy atom. The Bertz CT molecular complexity index is 341. The molecule has 4 nitrogen and oxygen atoms in total. The molecule has 1 N–H and O–H groups in total. The third kappa shape index (κ3) is 2.43. The monoisotopic (exact) mass is 222 g/mol. The van der Waals surface area contributed by atoms with Crippen LogP contribution in [0, 0.1) is 5.41 Å². The molecule has 2 rings (SSSR count). The predicted molar refractivity (Wildman–Crippen MR) is 64.1 cm³/mol. The molecule has 1 unspecified atom stereocenters. The lowest BCUT2D eigenvalue weighted by atomic mass is 9.95. The van der Waals surface area contributed by atoms with E-state index >= 15 is 0 Å². The molecule has 0 spiro atoms. The van der Waals surface area contributed by atoms with Crippen molar-refractivity contribution in [2.45, 2.75) is 45.6 Å². The van der Waals surface area contributed by atoms with Crippen LogP contribution in [0.15, 0.2) is 6.33 Å². The summed E-state index contributed by atoms with van der Waals surface area (Å²) in [5.74, 6) is 1.08. The van der Waals surface area contributed by atoms with E-state index in [1.165, 1.54) is 19.3 Å². The second-order valence-corrected chi connectivity index (χ2v) is 5.16. The highest BCUT2D eigenvalue weighted by atomic mass is 15.3. The van der Waals surface area contributed by atoms with Gasteiger partial charge in [-0.3, -0.25) is 4.68 Å². The summed E-state index contributed by atoms with van der Waals surface area (Å²) in [5.41, 5.74) is 0.487. The Balaban J connectivity index is 2.00. The largest absolute Gasteiger partial charge is 0.313 e. The average Bonchev–Trinajstić information content (AvgIpc) is 2.88. The van der Waals surface area contributed by atoms with Crippen molar-refractivity contribution in [3.63, 3.8) is 0 Å². The fraction of sp³-hybridized carbons (Fsp3) is 0.833. The number of nitrogens with zero attached hydrogens (tertiary/aromatic N) is 3. The van der Waals surface area contributed by atoms with Crippen LogP contribution >= 0.6 is 0 Å². The molecule has 0 amide bonds. The molecule has 1 heterocycles. The van der Waals surface area contributed by atoms with Crippen LogP contribution in [0.4, 0.5) is 0 Å². The molecular weight excluding hydrogens is 200 g/mol. The first kappa shape index (κ1) is 11.6. The van der Waals surface area contributed by atoms with Gasteiger partial charge in [-0.15, -0.1) is 0 Å². The maximum Gasteiger partial charge on any atom is 0.138 e. The average molecular weight is 222 g/mol. The van der Waals surface area contributed by atoms with E-state index in [1.54, 1.807) is 6.33 Å². The molecule has 1 fully saturated rings. The fourth-order valence-electron chi connectivity index (χ4n) is 2.12. The highest BCUT2D eigenvalue weighted by Gasteiger charge is 2.44. The topological polar surface area (TPSA) is 42.7 Å². The second kappa shape index (κ2) is 4.53. The number of hydrogen-bond donors (Lipinski definition) is 1. The molecule has 0 radical (unpaired) electrons. The third-order valence-corrected chi connectivity index (χ3v) is 3.71. The Morgan fingerprint density at radius 2 is 2.31 bits per heavy atom. The van der Waals surface area contributed by atoms with Gasteiger partial charge in [0.05, 0.1) is 0 Å². The summed E-state index contributed by atoms with van der Waals surface area (Å²) in [6.45, 7) is 5.68. The standard InChI is InChI=1S/C12H22N4/c1-4-7-13-10(12(2)5-6-12)8-11-14-9-15-16(11)3/h9-10,13H,4-8H2,1-3H3. The summed E-state index contributed by atoms with van der Waals surface area (Å²) in [7, 11) is 1.97. The van der Waals surface area contributed by atoms with E-state index in [0.29, 0.717) is 11.5 Å². The van der Waals surface area contributed by atoms with Crippen LogP contribution in [0.25, 0.3) is 0 Å². The highest BCUT2D eigenvalue weighted by Crippen LogP contribution is 2.48. The van der Waals surface area contributed by atoms with Gasteiger partial charge in [0.25, 0.3) is 0 Å². The number of aromatic nitrogens is 3. The minimum atomic E-state index is 0.487. The van der Waals surface area contributed by atoms with Crippen molar-refractivity contribution in [2.24, 2.45) is 12.5 Å². The maximum atomic E-state index is 4.32. The molecule has 1 aromatic rings. The Morgan fingerprint density at radius 1 is 1.56 bits per heavy atom. The van der Waals surface area contributed by atoms with Crippen molar-refractivity contribution >= 4 is 0 Å². The third-order valence-electron chi connectivity index (χ3n) is 3.71. The summed E-state index contributed by atoms with van der Waals surface area (Å²) in [6, 6.07) is 0.551. The van der Waals surface area contributed by atoms with Crippen molar-refractivity contribution in [3.8, 4) is 0 Å². The van der Waals surface area contributed by atoms with Crippen LogP contribution < -0.4 is 5.32 Å². The SMILES string of the molecule is CCCNC(Cc1ncnn1C)C1(C)CC1. The van der Waals surface area contributed by atoms with E-state index in [4.69, 9.17) is 0 Å². The van der Waals surface area contributed by atoms with Crippen molar-refractivity contribution in [1.29, 1.82) is 0 Å².